The Hall–Kier alpha value is -7.28. The first-order chi connectivity index (χ1) is 27.8. The average Bonchev–Trinajstić information content (AvgIpc) is 3.89. The molecule has 0 aliphatic heterocycles. The van der Waals surface area contributed by atoms with Crippen molar-refractivity contribution in [3.63, 3.8) is 0 Å². The highest BCUT2D eigenvalue weighted by Gasteiger charge is 2.28. The maximum absolute atomic E-state index is 2.47. The van der Waals surface area contributed by atoms with E-state index in [1.165, 1.54) is 141 Å². The van der Waals surface area contributed by atoms with E-state index in [0.717, 1.165) is 0 Å². The van der Waals surface area contributed by atoms with Crippen LogP contribution < -0.4 is 0 Å². The molecule has 1 aliphatic carbocycles. The molecule has 254 valence electrons. The number of hydrogen-bond donors (Lipinski definition) is 0. The van der Waals surface area contributed by atoms with Crippen molar-refractivity contribution in [1.29, 1.82) is 0 Å². The highest BCUT2D eigenvalue weighted by Crippen LogP contribution is 2.56. The SMILES string of the molecule is c1ccc(-c2c3cc4ccccc4c4c5ccccc5c(c5c6ccc(-c7ccc8c9c(cccc79)-c7cc9ccccc9cc7-8)c7cccc(c25)c76)c34)cc1. The lowest BCUT2D eigenvalue weighted by Gasteiger charge is -2.14. The summed E-state index contributed by atoms with van der Waals surface area (Å²) >= 11 is 0. The van der Waals surface area contributed by atoms with Gasteiger partial charge in [0.2, 0.25) is 0 Å². The van der Waals surface area contributed by atoms with Gasteiger partial charge in [0.05, 0.1) is 0 Å². The van der Waals surface area contributed by atoms with E-state index in [1.807, 2.05) is 0 Å². The Morgan fingerprint density at radius 2 is 0.696 bits per heavy atom. The Kier molecular flexibility index (Phi) is 5.34. The molecule has 0 saturated heterocycles. The van der Waals surface area contributed by atoms with Gasteiger partial charge in [-0.15, -0.1) is 0 Å². The van der Waals surface area contributed by atoms with E-state index >= 15 is 0 Å². The summed E-state index contributed by atoms with van der Waals surface area (Å²) in [5, 5.41) is 24.1. The van der Waals surface area contributed by atoms with Crippen LogP contribution in [0, 0.1) is 0 Å². The van der Waals surface area contributed by atoms with Gasteiger partial charge in [0, 0.05) is 0 Å². The molecule has 0 nitrogen and oxygen atoms in total. The normalized spacial score (nSPS) is 12.6. The van der Waals surface area contributed by atoms with E-state index < -0.39 is 0 Å². The van der Waals surface area contributed by atoms with Crippen molar-refractivity contribution >= 4 is 97.0 Å². The van der Waals surface area contributed by atoms with Gasteiger partial charge in [0.1, 0.15) is 0 Å². The van der Waals surface area contributed by atoms with Crippen LogP contribution in [0.3, 0.4) is 0 Å². The fraction of sp³-hybridized carbons (Fsp3) is 0. The van der Waals surface area contributed by atoms with E-state index in [0.29, 0.717) is 0 Å². The van der Waals surface area contributed by atoms with Crippen molar-refractivity contribution in [2.75, 3.05) is 0 Å². The van der Waals surface area contributed by atoms with Crippen molar-refractivity contribution < 1.29 is 0 Å². The third-order valence-electron chi connectivity index (χ3n) is 13.2. The standard InChI is InChI=1S/C56H30/c1-2-12-31(13-3-1)49-48-30-34-16-6-7-17-35(34)52-40-18-8-9-19-41(40)53(56(48)52)55-45-27-25-37(39-21-11-23-44(51(39)45)54(49)55)36-24-26-43-47-29-33-15-5-4-14-32(33)28-46(47)42-22-10-20-38(36)50(42)43/h1-30H. The summed E-state index contributed by atoms with van der Waals surface area (Å²) in [4.78, 5) is 0. The van der Waals surface area contributed by atoms with Crippen LogP contribution in [0.1, 0.15) is 0 Å². The lowest BCUT2D eigenvalue weighted by atomic mass is 9.88. The topological polar surface area (TPSA) is 0 Å². The van der Waals surface area contributed by atoms with Gasteiger partial charge >= 0.3 is 0 Å². The predicted molar refractivity (Wildman–Crippen MR) is 242 cm³/mol. The van der Waals surface area contributed by atoms with Gasteiger partial charge in [-0.25, -0.2) is 0 Å². The van der Waals surface area contributed by atoms with E-state index in [2.05, 4.69) is 182 Å². The summed E-state index contributed by atoms with van der Waals surface area (Å²) in [5.41, 5.74) is 10.5. The van der Waals surface area contributed by atoms with E-state index in [1.54, 1.807) is 0 Å². The first kappa shape index (κ1) is 29.1. The van der Waals surface area contributed by atoms with Crippen LogP contribution in [-0.2, 0) is 0 Å². The van der Waals surface area contributed by atoms with Crippen LogP contribution >= 0.6 is 0 Å². The number of benzene rings is 11. The Morgan fingerprint density at radius 3 is 1.46 bits per heavy atom. The second-order valence-electron chi connectivity index (χ2n) is 15.8. The van der Waals surface area contributed by atoms with Crippen LogP contribution in [0.5, 0.6) is 0 Å². The predicted octanol–water partition coefficient (Wildman–Crippen LogP) is 15.9. The molecular weight excluding hydrogens is 673 g/mol. The second kappa shape index (κ2) is 10.3. The third-order valence-corrected chi connectivity index (χ3v) is 13.2. The molecule has 14 rings (SSSR count). The zero-order valence-electron chi connectivity index (χ0n) is 30.3. The lowest BCUT2D eigenvalue weighted by Crippen LogP contribution is -1.86. The molecule has 13 aromatic carbocycles. The largest absolute Gasteiger partial charge is 0.0622 e. The summed E-state index contributed by atoms with van der Waals surface area (Å²) in [6, 6.07) is 68.7. The number of fused-ring (bicyclic) bond motifs is 13. The van der Waals surface area contributed by atoms with Gasteiger partial charge in [-0.05, 0) is 160 Å². The minimum Gasteiger partial charge on any atom is -0.0622 e. The maximum atomic E-state index is 2.47. The molecule has 0 heteroatoms. The van der Waals surface area contributed by atoms with Gasteiger partial charge in [0.15, 0.2) is 0 Å². The molecule has 0 saturated carbocycles. The van der Waals surface area contributed by atoms with Gasteiger partial charge in [-0.3, -0.25) is 0 Å². The first-order valence-electron chi connectivity index (χ1n) is 19.7. The van der Waals surface area contributed by atoms with E-state index in [4.69, 9.17) is 0 Å². The highest BCUT2D eigenvalue weighted by atomic mass is 14.3. The first-order valence-corrected chi connectivity index (χ1v) is 19.7. The van der Waals surface area contributed by atoms with Gasteiger partial charge in [0.25, 0.3) is 0 Å². The highest BCUT2D eigenvalue weighted by molar-refractivity contribution is 6.50. The molecule has 0 radical (unpaired) electrons. The maximum Gasteiger partial charge on any atom is -0.000696 e. The fourth-order valence-corrected chi connectivity index (χ4v) is 11.1. The molecule has 0 aromatic heterocycles. The minimum absolute atomic E-state index is 1.26. The fourth-order valence-electron chi connectivity index (χ4n) is 11.1. The van der Waals surface area contributed by atoms with Gasteiger partial charge < -0.3 is 0 Å². The van der Waals surface area contributed by atoms with Crippen molar-refractivity contribution in [2.45, 2.75) is 0 Å². The summed E-state index contributed by atoms with van der Waals surface area (Å²) in [5.74, 6) is 0. The van der Waals surface area contributed by atoms with Crippen molar-refractivity contribution in [1.82, 2.24) is 0 Å². The molecule has 1 aliphatic rings. The summed E-state index contributed by atoms with van der Waals surface area (Å²) in [6.45, 7) is 0. The molecule has 0 atom stereocenters. The summed E-state index contributed by atoms with van der Waals surface area (Å²) in [6.07, 6.45) is 0. The summed E-state index contributed by atoms with van der Waals surface area (Å²) < 4.78 is 0. The average molecular weight is 703 g/mol. The minimum atomic E-state index is 1.26. The van der Waals surface area contributed by atoms with Crippen LogP contribution in [0.2, 0.25) is 0 Å². The van der Waals surface area contributed by atoms with Crippen molar-refractivity contribution in [3.05, 3.63) is 182 Å². The van der Waals surface area contributed by atoms with Crippen molar-refractivity contribution in [2.24, 2.45) is 0 Å². The number of rotatable bonds is 2. The van der Waals surface area contributed by atoms with Crippen LogP contribution in [0.25, 0.3) is 141 Å². The zero-order valence-corrected chi connectivity index (χ0v) is 30.3. The van der Waals surface area contributed by atoms with Crippen LogP contribution in [-0.4, -0.2) is 0 Å². The van der Waals surface area contributed by atoms with Crippen LogP contribution in [0.15, 0.2) is 182 Å². The number of hydrogen-bond acceptors (Lipinski definition) is 0. The van der Waals surface area contributed by atoms with Crippen LogP contribution in [0.4, 0.5) is 0 Å². The molecule has 0 heterocycles. The summed E-state index contributed by atoms with van der Waals surface area (Å²) in [7, 11) is 0. The van der Waals surface area contributed by atoms with Crippen molar-refractivity contribution in [3.8, 4) is 44.5 Å². The Balaban J connectivity index is 1.15. The molecule has 0 amide bonds. The monoisotopic (exact) mass is 702 g/mol. The molecule has 13 aromatic rings. The van der Waals surface area contributed by atoms with E-state index in [9.17, 15) is 0 Å². The Morgan fingerprint density at radius 1 is 0.196 bits per heavy atom. The lowest BCUT2D eigenvalue weighted by molar-refractivity contribution is 1.69. The zero-order chi connectivity index (χ0) is 36.2. The van der Waals surface area contributed by atoms with Gasteiger partial charge in [-0.1, -0.05) is 164 Å². The van der Waals surface area contributed by atoms with Gasteiger partial charge in [-0.2, -0.15) is 0 Å². The Labute approximate surface area is 322 Å². The third kappa shape index (κ3) is 3.47. The quantitative estimate of drug-likeness (QED) is 0.157. The molecule has 0 bridgehead atoms. The smallest absolute Gasteiger partial charge is 0.000696 e. The molecular formula is C56H30. The molecule has 0 fully saturated rings. The molecule has 0 unspecified atom stereocenters. The van der Waals surface area contributed by atoms with E-state index in [-0.39, 0.29) is 0 Å². The molecule has 0 spiro atoms. The second-order valence-corrected chi connectivity index (χ2v) is 15.8. The Bertz CT molecular complexity index is 3800. The molecule has 0 N–H and O–H groups in total. The molecule has 56 heavy (non-hydrogen) atoms.